The van der Waals surface area contributed by atoms with Crippen molar-refractivity contribution in [1.29, 1.82) is 0 Å². The van der Waals surface area contributed by atoms with Gasteiger partial charge in [0.1, 0.15) is 0 Å². The third kappa shape index (κ3) is 2.95. The molecule has 0 bridgehead atoms. The maximum Gasteiger partial charge on any atom is 0.214 e. The number of nitrogens with zero attached hydrogens (tertiary/aromatic N) is 1. The molecule has 1 rings (SSSR count). The average Bonchev–Trinajstić information content (AvgIpc) is 2.48. The monoisotopic (exact) mass is 219 g/mol. The number of rotatable bonds is 4. The van der Waals surface area contributed by atoms with E-state index in [0.29, 0.717) is 11.7 Å². The van der Waals surface area contributed by atoms with E-state index in [9.17, 15) is 8.42 Å². The van der Waals surface area contributed by atoms with E-state index in [1.54, 1.807) is 4.31 Å². The van der Waals surface area contributed by atoms with Crippen molar-refractivity contribution in [1.82, 2.24) is 4.31 Å². The van der Waals surface area contributed by atoms with Gasteiger partial charge in [-0.05, 0) is 32.1 Å². The summed E-state index contributed by atoms with van der Waals surface area (Å²) in [5.74, 6) is 0.775. The molecule has 0 amide bonds. The van der Waals surface area contributed by atoms with Gasteiger partial charge in [0, 0.05) is 12.6 Å². The molecule has 1 aliphatic heterocycles. The Morgan fingerprint density at radius 3 is 2.50 bits per heavy atom. The third-order valence-corrected chi connectivity index (χ3v) is 4.81. The average molecular weight is 219 g/mol. The van der Waals surface area contributed by atoms with Crippen molar-refractivity contribution in [3.8, 4) is 0 Å². The van der Waals surface area contributed by atoms with Gasteiger partial charge in [0.25, 0.3) is 0 Å². The van der Waals surface area contributed by atoms with Crippen molar-refractivity contribution in [2.24, 2.45) is 5.92 Å². The summed E-state index contributed by atoms with van der Waals surface area (Å²) < 4.78 is 25.4. The van der Waals surface area contributed by atoms with E-state index in [2.05, 4.69) is 13.8 Å². The second-order valence-electron chi connectivity index (χ2n) is 4.60. The normalized spacial score (nSPS) is 24.7. The minimum atomic E-state index is -2.97. The van der Waals surface area contributed by atoms with Gasteiger partial charge >= 0.3 is 0 Å². The highest BCUT2D eigenvalue weighted by atomic mass is 32.2. The second-order valence-corrected chi connectivity index (χ2v) is 6.64. The molecule has 1 unspecified atom stereocenters. The largest absolute Gasteiger partial charge is 0.214 e. The lowest BCUT2D eigenvalue weighted by Gasteiger charge is -2.21. The molecule has 1 heterocycles. The summed E-state index contributed by atoms with van der Waals surface area (Å²) in [6.07, 6.45) is 2.80. The molecule has 1 atom stereocenters. The molecule has 4 heteroatoms. The lowest BCUT2D eigenvalue weighted by atomic mass is 10.2. The Balaban J connectivity index is 2.56. The van der Waals surface area contributed by atoms with Crippen LogP contribution in [0.15, 0.2) is 0 Å². The van der Waals surface area contributed by atoms with Crippen molar-refractivity contribution in [2.45, 2.75) is 46.1 Å². The zero-order chi connectivity index (χ0) is 10.8. The first kappa shape index (κ1) is 12.0. The minimum absolute atomic E-state index is 0.215. The van der Waals surface area contributed by atoms with Gasteiger partial charge < -0.3 is 0 Å². The first-order valence-corrected chi connectivity index (χ1v) is 7.04. The summed E-state index contributed by atoms with van der Waals surface area (Å²) >= 11 is 0. The van der Waals surface area contributed by atoms with E-state index in [1.807, 2.05) is 6.92 Å². The van der Waals surface area contributed by atoms with Gasteiger partial charge in [-0.15, -0.1) is 0 Å². The van der Waals surface area contributed by atoms with E-state index < -0.39 is 10.0 Å². The van der Waals surface area contributed by atoms with E-state index >= 15 is 0 Å². The summed E-state index contributed by atoms with van der Waals surface area (Å²) in [4.78, 5) is 0. The molecule has 0 saturated carbocycles. The smallest absolute Gasteiger partial charge is 0.212 e. The Morgan fingerprint density at radius 1 is 1.43 bits per heavy atom. The minimum Gasteiger partial charge on any atom is -0.212 e. The van der Waals surface area contributed by atoms with Crippen molar-refractivity contribution in [2.75, 3.05) is 12.3 Å². The van der Waals surface area contributed by atoms with Crippen LogP contribution >= 0.6 is 0 Å². The molecule has 0 aliphatic carbocycles. The van der Waals surface area contributed by atoms with Crippen molar-refractivity contribution in [3.63, 3.8) is 0 Å². The zero-order valence-electron chi connectivity index (χ0n) is 9.36. The first-order valence-electron chi connectivity index (χ1n) is 5.43. The molecule has 1 fully saturated rings. The molecule has 14 heavy (non-hydrogen) atoms. The fourth-order valence-corrected chi connectivity index (χ4v) is 3.89. The summed E-state index contributed by atoms with van der Waals surface area (Å²) in [7, 11) is -2.97. The van der Waals surface area contributed by atoms with Crippen LogP contribution < -0.4 is 0 Å². The van der Waals surface area contributed by atoms with Crippen LogP contribution in [0.3, 0.4) is 0 Å². The summed E-state index contributed by atoms with van der Waals surface area (Å²) in [6.45, 7) is 6.84. The predicted octanol–water partition coefficient (Wildman–Crippen LogP) is 1.85. The van der Waals surface area contributed by atoms with Crippen LogP contribution in [-0.2, 0) is 10.0 Å². The Bertz CT molecular complexity index is 272. The predicted molar refractivity (Wildman–Crippen MR) is 58.6 cm³/mol. The van der Waals surface area contributed by atoms with Gasteiger partial charge in [-0.25, -0.2) is 8.42 Å². The highest BCUT2D eigenvalue weighted by Crippen LogP contribution is 2.21. The fourth-order valence-electron chi connectivity index (χ4n) is 1.82. The van der Waals surface area contributed by atoms with E-state index in [4.69, 9.17) is 0 Å². The number of hydrogen-bond donors (Lipinski definition) is 0. The van der Waals surface area contributed by atoms with Gasteiger partial charge in [0.05, 0.1) is 5.75 Å². The van der Waals surface area contributed by atoms with Gasteiger partial charge in [-0.3, -0.25) is 0 Å². The first-order chi connectivity index (χ1) is 6.43. The Hall–Kier alpha value is -0.0900. The van der Waals surface area contributed by atoms with E-state index in [1.165, 1.54) is 0 Å². The summed E-state index contributed by atoms with van der Waals surface area (Å²) in [5, 5.41) is 0. The molecule has 0 N–H and O–H groups in total. The SMILES string of the molecule is CC(C)CCS(=O)(=O)N1CCCC1C. The van der Waals surface area contributed by atoms with E-state index in [-0.39, 0.29) is 6.04 Å². The van der Waals surface area contributed by atoms with Crippen LogP contribution in [0.2, 0.25) is 0 Å². The van der Waals surface area contributed by atoms with Crippen LogP contribution in [0.4, 0.5) is 0 Å². The molecular formula is C10H21NO2S. The van der Waals surface area contributed by atoms with Crippen molar-refractivity contribution in [3.05, 3.63) is 0 Å². The van der Waals surface area contributed by atoms with Crippen LogP contribution in [0.5, 0.6) is 0 Å². The molecule has 84 valence electrons. The molecular weight excluding hydrogens is 198 g/mol. The lowest BCUT2D eigenvalue weighted by molar-refractivity contribution is 0.405. The van der Waals surface area contributed by atoms with Gasteiger partial charge in [0.2, 0.25) is 10.0 Å². The van der Waals surface area contributed by atoms with Crippen LogP contribution in [-0.4, -0.2) is 31.1 Å². The molecule has 1 aliphatic rings. The summed E-state index contributed by atoms with van der Waals surface area (Å²) in [6, 6.07) is 0.215. The quantitative estimate of drug-likeness (QED) is 0.723. The zero-order valence-corrected chi connectivity index (χ0v) is 10.2. The highest BCUT2D eigenvalue weighted by molar-refractivity contribution is 7.89. The molecule has 0 spiro atoms. The number of sulfonamides is 1. The Kier molecular flexibility index (Phi) is 3.95. The molecule has 0 radical (unpaired) electrons. The Morgan fingerprint density at radius 2 is 2.07 bits per heavy atom. The molecule has 0 aromatic heterocycles. The topological polar surface area (TPSA) is 37.4 Å². The molecule has 0 aromatic rings. The third-order valence-electron chi connectivity index (χ3n) is 2.80. The van der Waals surface area contributed by atoms with Crippen LogP contribution in [0.1, 0.15) is 40.0 Å². The van der Waals surface area contributed by atoms with Gasteiger partial charge in [0.15, 0.2) is 0 Å². The molecule has 3 nitrogen and oxygen atoms in total. The number of hydrogen-bond acceptors (Lipinski definition) is 2. The van der Waals surface area contributed by atoms with E-state index in [0.717, 1.165) is 25.8 Å². The maximum absolute atomic E-state index is 11.9. The standard InChI is InChI=1S/C10H21NO2S/c1-9(2)6-8-14(12,13)11-7-4-5-10(11)3/h9-10H,4-8H2,1-3H3. The van der Waals surface area contributed by atoms with Gasteiger partial charge in [-0.1, -0.05) is 13.8 Å². The molecule has 1 saturated heterocycles. The van der Waals surface area contributed by atoms with Crippen LogP contribution in [0, 0.1) is 5.92 Å². The summed E-state index contributed by atoms with van der Waals surface area (Å²) in [5.41, 5.74) is 0. The lowest BCUT2D eigenvalue weighted by Crippen LogP contribution is -2.35. The van der Waals surface area contributed by atoms with Crippen LogP contribution in [0.25, 0.3) is 0 Å². The van der Waals surface area contributed by atoms with Crippen molar-refractivity contribution < 1.29 is 8.42 Å². The maximum atomic E-state index is 11.9. The highest BCUT2D eigenvalue weighted by Gasteiger charge is 2.30. The Labute approximate surface area is 87.5 Å². The fraction of sp³-hybridized carbons (Fsp3) is 1.00. The second kappa shape index (κ2) is 4.62. The van der Waals surface area contributed by atoms with Gasteiger partial charge in [-0.2, -0.15) is 4.31 Å². The molecule has 0 aromatic carbocycles. The van der Waals surface area contributed by atoms with Crippen molar-refractivity contribution >= 4 is 10.0 Å².